The Balaban J connectivity index is 3.85. The van der Waals surface area contributed by atoms with Gasteiger partial charge in [-0.2, -0.15) is 0 Å². The summed E-state index contributed by atoms with van der Waals surface area (Å²) in [7, 11) is 0. The maximum atomic E-state index is 10.0. The third-order valence-electron chi connectivity index (χ3n) is 0.924. The van der Waals surface area contributed by atoms with Crippen LogP contribution in [-0.4, -0.2) is 28.5 Å². The highest BCUT2D eigenvalue weighted by molar-refractivity contribution is 5.77. The number of hydrogen-bond donors (Lipinski definition) is 4. The lowest BCUT2D eigenvalue weighted by molar-refractivity contribution is -0.143. The molecule has 0 heterocycles. The fourth-order valence-corrected chi connectivity index (χ4v) is 0.292. The average Bonchev–Trinajstić information content (AvgIpc) is 1.65. The van der Waals surface area contributed by atoms with Gasteiger partial charge in [0.25, 0.3) is 0 Å². The number of rotatable bonds is 3. The van der Waals surface area contributed by atoms with Crippen LogP contribution in [0.4, 0.5) is 0 Å². The van der Waals surface area contributed by atoms with Crippen molar-refractivity contribution in [3.05, 3.63) is 0 Å². The topological polar surface area (TPSA) is 110 Å². The van der Waals surface area contributed by atoms with Crippen LogP contribution in [0.2, 0.25) is 0 Å². The summed E-state index contributed by atoms with van der Waals surface area (Å²) in [5.74, 6) is -1.31. The van der Waals surface area contributed by atoms with E-state index in [1.807, 2.05) is 0 Å². The van der Waals surface area contributed by atoms with Gasteiger partial charge in [-0.05, 0) is 0 Å². The molecule has 0 aliphatic heterocycles. The molecule has 0 aromatic rings. The molecule has 0 aliphatic carbocycles. The molecule has 0 amide bonds. The third kappa shape index (κ3) is 2.41. The average molecular weight is 134 g/mol. The number of aliphatic hydroxyl groups is 1. The highest BCUT2D eigenvalue weighted by Gasteiger charge is 2.27. The summed E-state index contributed by atoms with van der Waals surface area (Å²) in [6, 6.07) is 0. The summed E-state index contributed by atoms with van der Waals surface area (Å²) in [4.78, 5) is 10.0. The summed E-state index contributed by atoms with van der Waals surface area (Å²) in [5, 5.41) is 16.4. The Morgan fingerprint density at radius 2 is 2.00 bits per heavy atom. The Labute approximate surface area is 52.3 Å². The van der Waals surface area contributed by atoms with Crippen LogP contribution in [0.1, 0.15) is 6.42 Å². The number of aliphatic carboxylic acids is 1. The molecule has 0 atom stereocenters. The van der Waals surface area contributed by atoms with Crippen LogP contribution >= 0.6 is 0 Å². The van der Waals surface area contributed by atoms with Crippen molar-refractivity contribution < 1.29 is 15.0 Å². The summed E-state index contributed by atoms with van der Waals surface area (Å²) in [5.41, 5.74) is 8.19. The number of carboxylic acids is 1. The van der Waals surface area contributed by atoms with Gasteiger partial charge in [0.05, 0.1) is 0 Å². The van der Waals surface area contributed by atoms with E-state index in [4.69, 9.17) is 21.7 Å². The lowest BCUT2D eigenvalue weighted by Gasteiger charge is -2.16. The van der Waals surface area contributed by atoms with E-state index >= 15 is 0 Å². The summed E-state index contributed by atoms with van der Waals surface area (Å²) >= 11 is 0. The molecule has 5 nitrogen and oxygen atoms in total. The van der Waals surface area contributed by atoms with Crippen LogP contribution in [0.5, 0.6) is 0 Å². The van der Waals surface area contributed by atoms with E-state index in [2.05, 4.69) is 0 Å². The molecular weight excluding hydrogens is 124 g/mol. The van der Waals surface area contributed by atoms with Gasteiger partial charge in [0.15, 0.2) is 5.66 Å². The quantitative estimate of drug-likeness (QED) is 0.336. The molecule has 0 saturated heterocycles. The zero-order chi connectivity index (χ0) is 7.49. The van der Waals surface area contributed by atoms with Gasteiger partial charge in [-0.15, -0.1) is 0 Å². The van der Waals surface area contributed by atoms with Gasteiger partial charge in [0.1, 0.15) is 0 Å². The molecular formula is C4H10N2O3. The maximum Gasteiger partial charge on any atom is 0.338 e. The molecule has 0 rings (SSSR count). The van der Waals surface area contributed by atoms with Gasteiger partial charge in [-0.25, -0.2) is 4.79 Å². The van der Waals surface area contributed by atoms with Gasteiger partial charge in [0.2, 0.25) is 0 Å². The predicted molar refractivity (Wildman–Crippen MR) is 30.4 cm³/mol. The first-order valence-electron chi connectivity index (χ1n) is 2.42. The molecule has 0 unspecified atom stereocenters. The molecule has 0 fully saturated rings. The van der Waals surface area contributed by atoms with Crippen LogP contribution in [0.15, 0.2) is 0 Å². The van der Waals surface area contributed by atoms with E-state index in [1.165, 1.54) is 0 Å². The lowest BCUT2D eigenvalue weighted by atomic mass is 10.1. The molecule has 0 spiro atoms. The van der Waals surface area contributed by atoms with Crippen LogP contribution in [0, 0.1) is 0 Å². The minimum atomic E-state index is -1.78. The van der Waals surface area contributed by atoms with Crippen molar-refractivity contribution in [3.8, 4) is 0 Å². The van der Waals surface area contributed by atoms with Crippen LogP contribution in [-0.2, 0) is 4.79 Å². The van der Waals surface area contributed by atoms with E-state index in [-0.39, 0.29) is 13.0 Å². The molecule has 9 heavy (non-hydrogen) atoms. The Morgan fingerprint density at radius 3 is 2.11 bits per heavy atom. The van der Waals surface area contributed by atoms with Gasteiger partial charge >= 0.3 is 5.97 Å². The van der Waals surface area contributed by atoms with Crippen LogP contribution < -0.4 is 11.5 Å². The molecule has 0 aliphatic rings. The fraction of sp³-hybridized carbons (Fsp3) is 0.750. The number of nitrogens with two attached hydrogens (primary N) is 2. The van der Waals surface area contributed by atoms with Crippen molar-refractivity contribution in [1.82, 2.24) is 0 Å². The van der Waals surface area contributed by atoms with Gasteiger partial charge in [0, 0.05) is 13.0 Å². The Morgan fingerprint density at radius 1 is 1.56 bits per heavy atom. The second-order valence-electron chi connectivity index (χ2n) is 1.82. The minimum absolute atomic E-state index is 0.137. The third-order valence-corrected chi connectivity index (χ3v) is 0.924. The molecule has 0 aromatic heterocycles. The molecule has 5 heteroatoms. The second-order valence-corrected chi connectivity index (χ2v) is 1.82. The maximum absolute atomic E-state index is 10.0. The molecule has 6 N–H and O–H groups in total. The van der Waals surface area contributed by atoms with E-state index < -0.39 is 11.6 Å². The fourth-order valence-electron chi connectivity index (χ4n) is 0.292. The zero-order valence-electron chi connectivity index (χ0n) is 4.87. The zero-order valence-corrected chi connectivity index (χ0v) is 4.87. The molecule has 0 radical (unpaired) electrons. The number of aliphatic hydroxyl groups excluding tert-OH is 1. The molecule has 54 valence electrons. The lowest BCUT2D eigenvalue weighted by Crippen LogP contribution is -2.56. The SMILES string of the molecule is NC(N)(CCO)C(=O)O. The summed E-state index contributed by atoms with van der Waals surface area (Å²) < 4.78 is 0. The van der Waals surface area contributed by atoms with Crippen molar-refractivity contribution in [2.45, 2.75) is 12.1 Å². The van der Waals surface area contributed by atoms with E-state index in [0.29, 0.717) is 0 Å². The number of carboxylic acid groups (broad SMARTS) is 1. The summed E-state index contributed by atoms with van der Waals surface area (Å²) in [6.07, 6.45) is -0.137. The van der Waals surface area contributed by atoms with E-state index in [1.54, 1.807) is 0 Å². The second kappa shape index (κ2) is 2.77. The highest BCUT2D eigenvalue weighted by atomic mass is 16.4. The van der Waals surface area contributed by atoms with Crippen molar-refractivity contribution >= 4 is 5.97 Å². The van der Waals surface area contributed by atoms with E-state index in [0.717, 1.165) is 0 Å². The van der Waals surface area contributed by atoms with Gasteiger partial charge in [-0.1, -0.05) is 0 Å². The largest absolute Gasteiger partial charge is 0.479 e. The minimum Gasteiger partial charge on any atom is -0.479 e. The van der Waals surface area contributed by atoms with Crippen LogP contribution in [0.25, 0.3) is 0 Å². The van der Waals surface area contributed by atoms with Crippen molar-refractivity contribution in [3.63, 3.8) is 0 Å². The van der Waals surface area contributed by atoms with Gasteiger partial charge < -0.3 is 21.7 Å². The molecule has 0 aromatic carbocycles. The Hall–Kier alpha value is -0.650. The Bertz CT molecular complexity index is 112. The van der Waals surface area contributed by atoms with Crippen molar-refractivity contribution in [2.75, 3.05) is 6.61 Å². The first kappa shape index (κ1) is 8.35. The van der Waals surface area contributed by atoms with E-state index in [9.17, 15) is 4.79 Å². The highest BCUT2D eigenvalue weighted by Crippen LogP contribution is 1.95. The number of carbonyl (C=O) groups is 1. The molecule has 0 saturated carbocycles. The molecule has 0 bridgehead atoms. The monoisotopic (exact) mass is 134 g/mol. The van der Waals surface area contributed by atoms with Gasteiger partial charge in [-0.3, -0.25) is 0 Å². The van der Waals surface area contributed by atoms with Crippen LogP contribution in [0.3, 0.4) is 0 Å². The first-order valence-corrected chi connectivity index (χ1v) is 2.42. The predicted octanol–water partition coefficient (Wildman–Crippen LogP) is -1.93. The smallest absolute Gasteiger partial charge is 0.338 e. The van der Waals surface area contributed by atoms with Crippen molar-refractivity contribution in [1.29, 1.82) is 0 Å². The first-order chi connectivity index (χ1) is 4.00. The number of hydrogen-bond acceptors (Lipinski definition) is 4. The standard InChI is InChI=1S/C4H10N2O3/c5-4(6,1-2-7)3(8)9/h7H,1-2,5-6H2,(H,8,9). The normalized spacial score (nSPS) is 11.4. The summed E-state index contributed by atoms with van der Waals surface area (Å²) in [6.45, 7) is -0.320. The van der Waals surface area contributed by atoms with Crippen molar-refractivity contribution in [2.24, 2.45) is 11.5 Å². The Kier molecular flexibility index (Phi) is 2.57.